The zero-order valence-corrected chi connectivity index (χ0v) is 14.4. The van der Waals surface area contributed by atoms with Crippen LogP contribution in [0, 0.1) is 5.92 Å². The van der Waals surface area contributed by atoms with Crippen molar-refractivity contribution in [1.82, 2.24) is 0 Å². The third-order valence-corrected chi connectivity index (χ3v) is 4.19. The maximum absolute atomic E-state index is 8.74. The van der Waals surface area contributed by atoms with Gasteiger partial charge in [-0.2, -0.15) is 8.42 Å². The second kappa shape index (κ2) is 16.7. The van der Waals surface area contributed by atoms with E-state index >= 15 is 0 Å². The fourth-order valence-corrected chi connectivity index (χ4v) is 3.04. The van der Waals surface area contributed by atoms with E-state index in [1.165, 1.54) is 89.9 Å². The zero-order chi connectivity index (χ0) is 16.0. The van der Waals surface area contributed by atoms with Crippen LogP contribution in [0.3, 0.4) is 0 Å². The number of hydrogen-bond donors (Lipinski definition) is 2. The van der Waals surface area contributed by atoms with E-state index in [0.29, 0.717) is 0 Å². The molecule has 1 rings (SSSR count). The molecule has 1 aliphatic rings. The molecule has 22 heavy (non-hydrogen) atoms. The zero-order valence-electron chi connectivity index (χ0n) is 13.6. The second-order valence-electron chi connectivity index (χ2n) is 6.22. The second-order valence-corrected chi connectivity index (χ2v) is 7.11. The van der Waals surface area contributed by atoms with Gasteiger partial charge in [-0.1, -0.05) is 96.8 Å². The summed E-state index contributed by atoms with van der Waals surface area (Å²) in [6.45, 7) is 2.30. The van der Waals surface area contributed by atoms with Crippen LogP contribution >= 0.6 is 0 Å². The third-order valence-electron chi connectivity index (χ3n) is 4.19. The Kier molecular flexibility index (Phi) is 19.1. The van der Waals surface area contributed by atoms with Gasteiger partial charge in [0.15, 0.2) is 0 Å². The molecule has 0 amide bonds. The molecule has 2 N–H and O–H groups in total. The molecule has 1 fully saturated rings. The van der Waals surface area contributed by atoms with Crippen molar-refractivity contribution < 1.29 is 17.5 Å². The number of unbranched alkanes of at least 4 members (excludes halogenated alkanes) is 5. The van der Waals surface area contributed by atoms with Crippen LogP contribution in [0.4, 0.5) is 0 Å². The van der Waals surface area contributed by atoms with Gasteiger partial charge in [0.2, 0.25) is 0 Å². The Morgan fingerprint density at radius 3 is 1.73 bits per heavy atom. The molecule has 0 saturated heterocycles. The number of hydrogen-bond acceptors (Lipinski definition) is 2. The molecule has 1 saturated carbocycles. The summed E-state index contributed by atoms with van der Waals surface area (Å²) in [5.41, 5.74) is 0. The molecule has 0 aromatic carbocycles. The van der Waals surface area contributed by atoms with E-state index in [9.17, 15) is 0 Å². The average Bonchev–Trinajstić information content (AvgIpc) is 2.33. The van der Waals surface area contributed by atoms with Crippen molar-refractivity contribution in [3.8, 4) is 0 Å². The third kappa shape index (κ3) is 23.1. The van der Waals surface area contributed by atoms with Crippen LogP contribution in [0.5, 0.6) is 0 Å². The fraction of sp³-hybridized carbons (Fsp3) is 1.00. The van der Waals surface area contributed by atoms with E-state index in [-0.39, 0.29) is 29.6 Å². The summed E-state index contributed by atoms with van der Waals surface area (Å²) in [7, 11) is -4.67. The monoisotopic (exact) mass is 346 g/mol. The molecule has 0 bridgehead atoms. The van der Waals surface area contributed by atoms with Crippen LogP contribution in [-0.4, -0.2) is 47.1 Å². The molecule has 130 valence electrons. The van der Waals surface area contributed by atoms with Gasteiger partial charge in [0, 0.05) is 0 Å². The SMILES string of the molecule is CCCCCCCCC1CCCCCCC1.O=S(=O)(O)O.[NaH]. The van der Waals surface area contributed by atoms with Crippen LogP contribution in [0.15, 0.2) is 0 Å². The van der Waals surface area contributed by atoms with Crippen molar-refractivity contribution >= 4 is 40.0 Å². The van der Waals surface area contributed by atoms with E-state index in [0.717, 1.165) is 5.92 Å². The first-order valence-corrected chi connectivity index (χ1v) is 10.0. The molecule has 0 radical (unpaired) electrons. The van der Waals surface area contributed by atoms with Gasteiger partial charge in [0.05, 0.1) is 0 Å². The molecule has 0 aromatic rings. The van der Waals surface area contributed by atoms with Crippen LogP contribution in [0.25, 0.3) is 0 Å². The molecule has 0 heterocycles. The van der Waals surface area contributed by atoms with Gasteiger partial charge in [0.1, 0.15) is 0 Å². The predicted molar refractivity (Wildman–Crippen MR) is 95.1 cm³/mol. The quantitative estimate of drug-likeness (QED) is 0.394. The molecule has 0 spiro atoms. The molecule has 0 aliphatic heterocycles. The van der Waals surface area contributed by atoms with Crippen molar-refractivity contribution in [3.05, 3.63) is 0 Å². The molecule has 0 aromatic heterocycles. The first-order chi connectivity index (χ1) is 9.93. The molecular weight excluding hydrogens is 311 g/mol. The average molecular weight is 347 g/mol. The van der Waals surface area contributed by atoms with Crippen molar-refractivity contribution in [2.75, 3.05) is 0 Å². The molecule has 0 atom stereocenters. The van der Waals surface area contributed by atoms with Crippen LogP contribution in [-0.2, 0) is 10.4 Å². The fourth-order valence-electron chi connectivity index (χ4n) is 3.04. The Morgan fingerprint density at radius 1 is 0.818 bits per heavy atom. The Bertz CT molecular complexity index is 304. The molecular formula is C16H35NaO4S. The van der Waals surface area contributed by atoms with Crippen molar-refractivity contribution in [2.45, 2.75) is 96.8 Å². The van der Waals surface area contributed by atoms with E-state index in [4.69, 9.17) is 17.5 Å². The topological polar surface area (TPSA) is 74.6 Å². The summed E-state index contributed by atoms with van der Waals surface area (Å²) in [4.78, 5) is 0. The van der Waals surface area contributed by atoms with Crippen molar-refractivity contribution in [1.29, 1.82) is 0 Å². The van der Waals surface area contributed by atoms with Crippen molar-refractivity contribution in [2.24, 2.45) is 5.92 Å². The number of rotatable bonds is 7. The summed E-state index contributed by atoms with van der Waals surface area (Å²) >= 11 is 0. The van der Waals surface area contributed by atoms with Crippen LogP contribution < -0.4 is 0 Å². The minimum atomic E-state index is -4.67. The Balaban J connectivity index is 0. The molecule has 0 unspecified atom stereocenters. The van der Waals surface area contributed by atoms with E-state index in [2.05, 4.69) is 6.92 Å². The summed E-state index contributed by atoms with van der Waals surface area (Å²) in [6.07, 6.45) is 20.9. The Labute approximate surface area is 159 Å². The molecule has 1 aliphatic carbocycles. The van der Waals surface area contributed by atoms with E-state index < -0.39 is 10.4 Å². The standard InChI is InChI=1S/C16H32.Na.H2O4S.H/c1-2-3-4-5-7-10-13-16-14-11-8-6-9-12-15-16;;1-5(2,3)4;/h16H,2-15H2,1H3;;(H2,1,2,3,4);. The Morgan fingerprint density at radius 2 is 1.23 bits per heavy atom. The van der Waals surface area contributed by atoms with Gasteiger partial charge in [-0.3, -0.25) is 9.11 Å². The summed E-state index contributed by atoms with van der Waals surface area (Å²) in [5, 5.41) is 0. The van der Waals surface area contributed by atoms with Gasteiger partial charge < -0.3 is 0 Å². The molecule has 4 nitrogen and oxygen atoms in total. The van der Waals surface area contributed by atoms with E-state index in [1.807, 2.05) is 0 Å². The minimum absolute atomic E-state index is 0. The van der Waals surface area contributed by atoms with Crippen molar-refractivity contribution in [3.63, 3.8) is 0 Å². The van der Waals surface area contributed by atoms with Gasteiger partial charge >= 0.3 is 40.0 Å². The summed E-state index contributed by atoms with van der Waals surface area (Å²) in [6, 6.07) is 0. The molecule has 6 heteroatoms. The van der Waals surface area contributed by atoms with Crippen LogP contribution in [0.1, 0.15) is 96.8 Å². The normalized spacial score (nSPS) is 16.7. The van der Waals surface area contributed by atoms with Gasteiger partial charge in [-0.25, -0.2) is 0 Å². The Hall–Kier alpha value is 0.870. The maximum atomic E-state index is 8.74. The summed E-state index contributed by atoms with van der Waals surface area (Å²) in [5.74, 6) is 1.09. The summed E-state index contributed by atoms with van der Waals surface area (Å²) < 4.78 is 31.6. The van der Waals surface area contributed by atoms with E-state index in [1.54, 1.807) is 0 Å². The van der Waals surface area contributed by atoms with Gasteiger partial charge in [0.25, 0.3) is 0 Å². The first kappa shape index (κ1) is 25.1. The van der Waals surface area contributed by atoms with Gasteiger partial charge in [-0.05, 0) is 5.92 Å². The van der Waals surface area contributed by atoms with Crippen LogP contribution in [0.2, 0.25) is 0 Å². The predicted octanol–water partition coefficient (Wildman–Crippen LogP) is 4.80. The van der Waals surface area contributed by atoms with Gasteiger partial charge in [-0.15, -0.1) is 0 Å². The first-order valence-electron chi connectivity index (χ1n) is 8.63.